The molecule has 0 aliphatic heterocycles. The highest BCUT2D eigenvalue weighted by Crippen LogP contribution is 2.29. The lowest BCUT2D eigenvalue weighted by Crippen LogP contribution is -2.15. The van der Waals surface area contributed by atoms with E-state index >= 15 is 0 Å². The molecule has 0 radical (unpaired) electrons. The van der Waals surface area contributed by atoms with E-state index in [9.17, 15) is 0 Å². The zero-order valence-corrected chi connectivity index (χ0v) is 10.2. The summed E-state index contributed by atoms with van der Waals surface area (Å²) >= 11 is 1.58. The van der Waals surface area contributed by atoms with Gasteiger partial charge in [-0.1, -0.05) is 18.2 Å². The van der Waals surface area contributed by atoms with E-state index in [1.54, 1.807) is 24.2 Å². The second kappa shape index (κ2) is 4.94. The second-order valence-corrected chi connectivity index (χ2v) is 5.16. The molecule has 0 spiro atoms. The van der Waals surface area contributed by atoms with Crippen LogP contribution in [0.4, 0.5) is 0 Å². The summed E-state index contributed by atoms with van der Waals surface area (Å²) in [4.78, 5) is 5.35. The Bertz CT molecular complexity index is 480. The number of nitrogens with zero attached hydrogens (tertiary/aromatic N) is 1. The molecule has 1 N–H and O–H groups in total. The fourth-order valence-electron chi connectivity index (χ4n) is 1.65. The molecule has 1 aromatic carbocycles. The third-order valence-corrected chi connectivity index (χ3v) is 3.73. The quantitative estimate of drug-likeness (QED) is 0.880. The van der Waals surface area contributed by atoms with Gasteiger partial charge in [0.05, 0.1) is 6.20 Å². The van der Waals surface area contributed by atoms with Gasteiger partial charge in [-0.2, -0.15) is 0 Å². The average Bonchev–Trinajstić information content (AvgIpc) is 3.05. The summed E-state index contributed by atoms with van der Waals surface area (Å²) < 4.78 is 5.26. The van der Waals surface area contributed by atoms with E-state index in [4.69, 9.17) is 4.42 Å². The number of oxazole rings is 1. The van der Waals surface area contributed by atoms with Crippen molar-refractivity contribution in [3.8, 4) is 0 Å². The second-order valence-electron chi connectivity index (χ2n) is 4.16. The third-order valence-electron chi connectivity index (χ3n) is 2.74. The van der Waals surface area contributed by atoms with Crippen LogP contribution in [0.3, 0.4) is 0 Å². The third kappa shape index (κ3) is 2.90. The van der Waals surface area contributed by atoms with Crippen LogP contribution in [0.2, 0.25) is 0 Å². The molecular weight excluding hydrogens is 232 g/mol. The summed E-state index contributed by atoms with van der Waals surface area (Å²) in [6.45, 7) is 0.925. The molecule has 1 aliphatic carbocycles. The summed E-state index contributed by atoms with van der Waals surface area (Å²) in [7, 11) is 0. The summed E-state index contributed by atoms with van der Waals surface area (Å²) in [5.41, 5.74) is 1.31. The smallest absolute Gasteiger partial charge is 0.260 e. The van der Waals surface area contributed by atoms with Crippen LogP contribution < -0.4 is 5.32 Å². The maximum Gasteiger partial charge on any atom is 0.260 e. The van der Waals surface area contributed by atoms with Gasteiger partial charge in [-0.25, -0.2) is 4.98 Å². The highest BCUT2D eigenvalue weighted by Gasteiger charge is 2.20. The van der Waals surface area contributed by atoms with E-state index in [-0.39, 0.29) is 0 Å². The summed E-state index contributed by atoms with van der Waals surface area (Å²) in [5, 5.41) is 4.23. The van der Waals surface area contributed by atoms with Gasteiger partial charge in [-0.15, -0.1) is 0 Å². The van der Waals surface area contributed by atoms with Crippen LogP contribution in [-0.2, 0) is 6.54 Å². The first kappa shape index (κ1) is 10.9. The minimum absolute atomic E-state index is 0.698. The van der Waals surface area contributed by atoms with Crippen molar-refractivity contribution in [1.29, 1.82) is 0 Å². The van der Waals surface area contributed by atoms with Crippen molar-refractivity contribution in [3.05, 3.63) is 42.3 Å². The lowest BCUT2D eigenvalue weighted by Gasteiger charge is -2.07. The van der Waals surface area contributed by atoms with Gasteiger partial charge in [0.25, 0.3) is 5.22 Å². The topological polar surface area (TPSA) is 38.1 Å². The van der Waals surface area contributed by atoms with Crippen LogP contribution in [-0.4, -0.2) is 11.0 Å². The first-order chi connectivity index (χ1) is 8.42. The lowest BCUT2D eigenvalue weighted by molar-refractivity contribution is 0.454. The largest absolute Gasteiger partial charge is 0.440 e. The van der Waals surface area contributed by atoms with E-state index in [0.717, 1.165) is 12.6 Å². The molecule has 1 heterocycles. The van der Waals surface area contributed by atoms with Crippen molar-refractivity contribution in [2.24, 2.45) is 0 Å². The molecule has 0 unspecified atom stereocenters. The SMILES string of the molecule is c1ccc(Sc2ncco2)c(CNC2CC2)c1. The molecule has 88 valence electrons. The summed E-state index contributed by atoms with van der Waals surface area (Å²) in [6, 6.07) is 9.12. The van der Waals surface area contributed by atoms with Gasteiger partial charge in [-0.3, -0.25) is 0 Å². The van der Waals surface area contributed by atoms with Gasteiger partial charge in [0.15, 0.2) is 0 Å². The predicted octanol–water partition coefficient (Wildman–Crippen LogP) is 3.08. The van der Waals surface area contributed by atoms with Crippen LogP contribution in [0.25, 0.3) is 0 Å². The maximum atomic E-state index is 5.26. The fourth-order valence-corrected chi connectivity index (χ4v) is 2.47. The van der Waals surface area contributed by atoms with Crippen molar-refractivity contribution in [2.45, 2.75) is 35.5 Å². The van der Waals surface area contributed by atoms with Crippen molar-refractivity contribution >= 4 is 11.8 Å². The minimum atomic E-state index is 0.698. The molecular formula is C13H14N2OS. The van der Waals surface area contributed by atoms with E-state index < -0.39 is 0 Å². The van der Waals surface area contributed by atoms with Crippen LogP contribution in [0, 0.1) is 0 Å². The number of nitrogens with one attached hydrogen (secondary N) is 1. The number of hydrogen-bond acceptors (Lipinski definition) is 4. The molecule has 0 bridgehead atoms. The Morgan fingerprint density at radius 2 is 2.24 bits per heavy atom. The molecule has 1 aliphatic rings. The highest BCUT2D eigenvalue weighted by atomic mass is 32.2. The van der Waals surface area contributed by atoms with E-state index in [1.165, 1.54) is 23.3 Å². The maximum absolute atomic E-state index is 5.26. The Hall–Kier alpha value is -1.26. The van der Waals surface area contributed by atoms with Crippen molar-refractivity contribution in [2.75, 3.05) is 0 Å². The molecule has 0 saturated heterocycles. The van der Waals surface area contributed by atoms with Gasteiger partial charge in [0.2, 0.25) is 0 Å². The number of hydrogen-bond donors (Lipinski definition) is 1. The Morgan fingerprint density at radius 3 is 3.00 bits per heavy atom. The van der Waals surface area contributed by atoms with Gasteiger partial charge in [0, 0.05) is 17.5 Å². The molecule has 0 atom stereocenters. The molecule has 4 heteroatoms. The van der Waals surface area contributed by atoms with Gasteiger partial charge >= 0.3 is 0 Å². The Kier molecular flexibility index (Phi) is 3.16. The molecule has 0 amide bonds. The highest BCUT2D eigenvalue weighted by molar-refractivity contribution is 7.99. The first-order valence-corrected chi connectivity index (χ1v) is 6.62. The van der Waals surface area contributed by atoms with Gasteiger partial charge in [0.1, 0.15) is 6.26 Å². The molecule has 1 saturated carbocycles. The molecule has 17 heavy (non-hydrogen) atoms. The number of aromatic nitrogens is 1. The average molecular weight is 246 g/mol. The van der Waals surface area contributed by atoms with E-state index in [1.807, 2.05) is 6.07 Å². The zero-order chi connectivity index (χ0) is 11.5. The number of benzene rings is 1. The Labute approximate surface area is 105 Å². The van der Waals surface area contributed by atoms with Gasteiger partial charge in [-0.05, 0) is 36.2 Å². The molecule has 3 nitrogen and oxygen atoms in total. The molecule has 1 aromatic heterocycles. The lowest BCUT2D eigenvalue weighted by atomic mass is 10.2. The summed E-state index contributed by atoms with van der Waals surface area (Å²) in [5.74, 6) is 0. The van der Waals surface area contributed by atoms with E-state index in [2.05, 4.69) is 28.5 Å². The van der Waals surface area contributed by atoms with Crippen molar-refractivity contribution < 1.29 is 4.42 Å². The van der Waals surface area contributed by atoms with Crippen LogP contribution in [0.5, 0.6) is 0 Å². The van der Waals surface area contributed by atoms with Gasteiger partial charge < -0.3 is 9.73 Å². The molecule has 1 fully saturated rings. The Morgan fingerprint density at radius 1 is 1.35 bits per heavy atom. The fraction of sp³-hybridized carbons (Fsp3) is 0.308. The molecule has 2 aromatic rings. The van der Waals surface area contributed by atoms with Crippen LogP contribution in [0.1, 0.15) is 18.4 Å². The number of rotatable bonds is 5. The summed E-state index contributed by atoms with van der Waals surface area (Å²) in [6.07, 6.45) is 5.91. The molecule has 3 rings (SSSR count). The van der Waals surface area contributed by atoms with Crippen molar-refractivity contribution in [3.63, 3.8) is 0 Å². The van der Waals surface area contributed by atoms with Crippen molar-refractivity contribution in [1.82, 2.24) is 10.3 Å². The Balaban J connectivity index is 1.72. The van der Waals surface area contributed by atoms with E-state index in [0.29, 0.717) is 5.22 Å². The zero-order valence-electron chi connectivity index (χ0n) is 9.43. The van der Waals surface area contributed by atoms with Crippen LogP contribution >= 0.6 is 11.8 Å². The first-order valence-electron chi connectivity index (χ1n) is 5.80. The monoisotopic (exact) mass is 246 g/mol. The standard InChI is InChI=1S/C13H14N2OS/c1-2-4-12(17-13-14-7-8-16-13)10(3-1)9-15-11-5-6-11/h1-4,7-8,11,15H,5-6,9H2. The van der Waals surface area contributed by atoms with Crippen LogP contribution in [0.15, 0.2) is 51.3 Å². The minimum Gasteiger partial charge on any atom is -0.440 e. The normalized spacial score (nSPS) is 15.1. The predicted molar refractivity (Wildman–Crippen MR) is 66.9 cm³/mol.